The minimum Gasteiger partial charge on any atom is -0.377 e. The molecule has 0 atom stereocenters. The van der Waals surface area contributed by atoms with Crippen molar-refractivity contribution in [2.75, 3.05) is 0 Å². The maximum Gasteiger partial charge on any atom is 0.195 e. The molecule has 0 fully saturated rings. The van der Waals surface area contributed by atoms with Gasteiger partial charge in [-0.05, 0) is 0 Å². The predicted octanol–water partition coefficient (Wildman–Crippen LogP) is 1.45. The van der Waals surface area contributed by atoms with Crippen molar-refractivity contribution in [1.82, 2.24) is 5.64 Å². The molecule has 0 unspecified atom stereocenters. The van der Waals surface area contributed by atoms with Crippen molar-refractivity contribution in [1.29, 1.82) is 0 Å². The first-order valence-corrected chi connectivity index (χ1v) is 3.30. The van der Waals surface area contributed by atoms with Crippen LogP contribution >= 0.6 is 0 Å². The summed E-state index contributed by atoms with van der Waals surface area (Å²) in [5.41, 5.74) is 3.28. The van der Waals surface area contributed by atoms with Gasteiger partial charge in [0.2, 0.25) is 0 Å². The number of hydrogen-bond donors (Lipinski definition) is 1. The van der Waals surface area contributed by atoms with E-state index in [0.29, 0.717) is 5.76 Å². The Hall–Kier alpha value is -1.48. The molecule has 0 saturated heterocycles. The van der Waals surface area contributed by atoms with E-state index in [-0.39, 0.29) is 0 Å². The Morgan fingerprint density at radius 1 is 1.09 bits per heavy atom. The zero-order chi connectivity index (χ0) is 7.52. The van der Waals surface area contributed by atoms with Crippen LogP contribution in [0.5, 0.6) is 0 Å². The lowest BCUT2D eigenvalue weighted by Gasteiger charge is -1.97. The number of rotatable bonds is 1. The third-order valence-corrected chi connectivity index (χ3v) is 1.42. The number of hydrogen-bond acceptors (Lipinski definition) is 3. The highest BCUT2D eigenvalue weighted by molar-refractivity contribution is 5.58. The molecular formula is C8H7NO2. The van der Waals surface area contributed by atoms with E-state index in [1.165, 1.54) is 6.26 Å². The van der Waals surface area contributed by atoms with Gasteiger partial charge in [-0.15, -0.1) is 0 Å². The van der Waals surface area contributed by atoms with E-state index in [9.17, 15) is 0 Å². The van der Waals surface area contributed by atoms with E-state index in [1.807, 2.05) is 30.3 Å². The van der Waals surface area contributed by atoms with Gasteiger partial charge >= 0.3 is 0 Å². The number of benzene rings is 1. The van der Waals surface area contributed by atoms with Gasteiger partial charge < -0.3 is 9.68 Å². The molecule has 0 bridgehead atoms. The summed E-state index contributed by atoms with van der Waals surface area (Å²) in [6.45, 7) is 0. The lowest BCUT2D eigenvalue weighted by molar-refractivity contribution is -0.0410. The van der Waals surface area contributed by atoms with Crippen molar-refractivity contribution in [2.45, 2.75) is 0 Å². The summed E-state index contributed by atoms with van der Waals surface area (Å²) in [4.78, 5) is 9.61. The van der Waals surface area contributed by atoms with Crippen LogP contribution in [0.4, 0.5) is 0 Å². The van der Waals surface area contributed by atoms with Gasteiger partial charge in [-0.2, -0.15) is 0 Å². The van der Waals surface area contributed by atoms with Crippen LogP contribution in [-0.2, 0) is 9.68 Å². The third kappa shape index (κ3) is 1.18. The lowest BCUT2D eigenvalue weighted by atomic mass is 10.2. The molecular weight excluding hydrogens is 142 g/mol. The molecule has 3 heteroatoms. The van der Waals surface area contributed by atoms with Crippen molar-refractivity contribution >= 4 is 5.76 Å². The zero-order valence-electron chi connectivity index (χ0n) is 5.78. The summed E-state index contributed by atoms with van der Waals surface area (Å²) in [6, 6.07) is 9.73. The molecule has 0 aromatic heterocycles. The lowest BCUT2D eigenvalue weighted by Crippen LogP contribution is -2.01. The summed E-state index contributed by atoms with van der Waals surface area (Å²) < 4.78 is 0. The highest BCUT2D eigenvalue weighted by Gasteiger charge is 2.07. The smallest absolute Gasteiger partial charge is 0.195 e. The topological polar surface area (TPSA) is 30.5 Å². The van der Waals surface area contributed by atoms with E-state index >= 15 is 0 Å². The van der Waals surface area contributed by atoms with Crippen molar-refractivity contribution in [3.05, 3.63) is 42.2 Å². The van der Waals surface area contributed by atoms with Crippen LogP contribution in [0, 0.1) is 0 Å². The fraction of sp³-hybridized carbons (Fsp3) is 0. The van der Waals surface area contributed by atoms with Crippen LogP contribution in [-0.4, -0.2) is 0 Å². The van der Waals surface area contributed by atoms with Crippen LogP contribution in [0.3, 0.4) is 0 Å². The Balaban J connectivity index is 2.29. The highest BCUT2D eigenvalue weighted by atomic mass is 16.9. The molecule has 0 spiro atoms. The molecule has 0 amide bonds. The van der Waals surface area contributed by atoms with Gasteiger partial charge in [0, 0.05) is 11.2 Å². The molecule has 1 aromatic rings. The van der Waals surface area contributed by atoms with E-state index < -0.39 is 0 Å². The Morgan fingerprint density at radius 2 is 1.91 bits per heavy atom. The molecule has 3 nitrogen and oxygen atoms in total. The average molecular weight is 149 g/mol. The molecule has 0 saturated carbocycles. The molecule has 11 heavy (non-hydrogen) atoms. The van der Waals surface area contributed by atoms with E-state index in [2.05, 4.69) is 10.5 Å². The molecule has 0 radical (unpaired) electrons. The standard InChI is InChI=1S/C8H7NO2/c1-2-4-7(5-3-1)8-6-10-9-11-8/h1-6,9H. The maximum absolute atomic E-state index is 4.93. The zero-order valence-corrected chi connectivity index (χ0v) is 5.78. The van der Waals surface area contributed by atoms with Crippen LogP contribution in [0.25, 0.3) is 5.76 Å². The van der Waals surface area contributed by atoms with Crippen molar-refractivity contribution in [3.8, 4) is 0 Å². The van der Waals surface area contributed by atoms with Crippen LogP contribution < -0.4 is 5.64 Å². The molecule has 1 aliphatic rings. The minimum atomic E-state index is 0.700. The Bertz CT molecular complexity index is 269. The summed E-state index contributed by atoms with van der Waals surface area (Å²) in [5.74, 6) is 0.700. The van der Waals surface area contributed by atoms with Gasteiger partial charge in [-0.25, -0.2) is 0 Å². The second-order valence-electron chi connectivity index (χ2n) is 2.15. The Morgan fingerprint density at radius 3 is 2.55 bits per heavy atom. The van der Waals surface area contributed by atoms with Gasteiger partial charge in [0.05, 0.1) is 0 Å². The molecule has 1 aliphatic heterocycles. The van der Waals surface area contributed by atoms with Gasteiger partial charge in [0.15, 0.2) is 12.0 Å². The fourth-order valence-corrected chi connectivity index (χ4v) is 0.900. The quantitative estimate of drug-likeness (QED) is 0.655. The normalized spacial score (nSPS) is 15.1. The minimum absolute atomic E-state index is 0.700. The first kappa shape index (κ1) is 6.24. The third-order valence-electron chi connectivity index (χ3n) is 1.42. The fourth-order valence-electron chi connectivity index (χ4n) is 0.900. The highest BCUT2D eigenvalue weighted by Crippen LogP contribution is 2.16. The van der Waals surface area contributed by atoms with Gasteiger partial charge in [-0.3, -0.25) is 0 Å². The van der Waals surface area contributed by atoms with E-state index in [4.69, 9.17) is 4.84 Å². The summed E-state index contributed by atoms with van der Waals surface area (Å²) >= 11 is 0. The predicted molar refractivity (Wildman–Crippen MR) is 39.7 cm³/mol. The molecule has 2 rings (SSSR count). The van der Waals surface area contributed by atoms with Gasteiger partial charge in [0.1, 0.15) is 0 Å². The van der Waals surface area contributed by atoms with E-state index in [1.54, 1.807) is 0 Å². The van der Waals surface area contributed by atoms with Crippen LogP contribution in [0.2, 0.25) is 0 Å². The van der Waals surface area contributed by atoms with E-state index in [0.717, 1.165) is 5.56 Å². The van der Waals surface area contributed by atoms with Gasteiger partial charge in [-0.1, -0.05) is 30.3 Å². The molecule has 56 valence electrons. The number of nitrogens with one attached hydrogen (secondary N) is 1. The Labute approximate surface area is 64.2 Å². The largest absolute Gasteiger partial charge is 0.377 e. The molecule has 1 aromatic carbocycles. The average Bonchev–Trinajstić information content (AvgIpc) is 2.58. The summed E-state index contributed by atoms with van der Waals surface area (Å²) in [5, 5.41) is 0. The summed E-state index contributed by atoms with van der Waals surface area (Å²) in [7, 11) is 0. The molecule has 1 heterocycles. The maximum atomic E-state index is 4.93. The van der Waals surface area contributed by atoms with Crippen molar-refractivity contribution < 1.29 is 9.68 Å². The second-order valence-corrected chi connectivity index (χ2v) is 2.15. The first-order chi connectivity index (χ1) is 5.47. The first-order valence-electron chi connectivity index (χ1n) is 3.30. The van der Waals surface area contributed by atoms with Crippen molar-refractivity contribution in [3.63, 3.8) is 0 Å². The van der Waals surface area contributed by atoms with Crippen molar-refractivity contribution in [2.24, 2.45) is 0 Å². The van der Waals surface area contributed by atoms with Gasteiger partial charge in [0.25, 0.3) is 0 Å². The van der Waals surface area contributed by atoms with Crippen LogP contribution in [0.15, 0.2) is 36.6 Å². The summed E-state index contributed by atoms with van der Waals surface area (Å²) in [6.07, 6.45) is 1.52. The SMILES string of the molecule is C1=C(c2ccccc2)ONO1. The molecule has 1 N–H and O–H groups in total. The second kappa shape index (κ2) is 2.64. The Kier molecular flexibility index (Phi) is 1.50. The van der Waals surface area contributed by atoms with Crippen LogP contribution in [0.1, 0.15) is 5.56 Å². The molecule has 0 aliphatic carbocycles. The monoisotopic (exact) mass is 149 g/mol.